The molecule has 0 aliphatic carbocycles. The maximum Gasteiger partial charge on any atom is 0.269 e. The van der Waals surface area contributed by atoms with Crippen molar-refractivity contribution in [1.82, 2.24) is 5.16 Å². The number of nitro benzene ring substituents is 1. The van der Waals surface area contributed by atoms with Crippen LogP contribution < -0.4 is 0 Å². The quantitative estimate of drug-likeness (QED) is 0.413. The van der Waals surface area contributed by atoms with Gasteiger partial charge in [-0.05, 0) is 29.1 Å². The molecule has 0 radical (unpaired) electrons. The molecule has 0 atom stereocenters. The van der Waals surface area contributed by atoms with Gasteiger partial charge in [-0.25, -0.2) is 4.99 Å². The molecule has 0 fully saturated rings. The molecule has 0 bridgehead atoms. The molecule has 0 amide bonds. The Hall–Kier alpha value is -2.80. The average Bonchev–Trinajstić information content (AvgIpc) is 3.16. The largest absolute Gasteiger partial charge is 0.336 e. The van der Waals surface area contributed by atoms with Crippen molar-refractivity contribution in [3.05, 3.63) is 63.5 Å². The molecule has 0 saturated carbocycles. The van der Waals surface area contributed by atoms with E-state index in [9.17, 15) is 10.1 Å². The van der Waals surface area contributed by atoms with Crippen LogP contribution in [0.25, 0.3) is 10.6 Å². The van der Waals surface area contributed by atoms with E-state index in [1.807, 2.05) is 17.5 Å². The Morgan fingerprint density at radius 3 is 2.76 bits per heavy atom. The van der Waals surface area contributed by atoms with Crippen molar-refractivity contribution in [2.24, 2.45) is 4.99 Å². The van der Waals surface area contributed by atoms with Gasteiger partial charge < -0.3 is 4.52 Å². The number of hydrogen-bond acceptors (Lipinski definition) is 6. The second kappa shape index (κ2) is 5.68. The fourth-order valence-electron chi connectivity index (χ4n) is 1.69. The first-order valence-electron chi connectivity index (χ1n) is 6.01. The highest BCUT2D eigenvalue weighted by Gasteiger charge is 2.06. The van der Waals surface area contributed by atoms with Crippen molar-refractivity contribution in [3.63, 3.8) is 0 Å². The first-order chi connectivity index (χ1) is 10.2. The molecule has 1 aromatic carbocycles. The van der Waals surface area contributed by atoms with Gasteiger partial charge in [0.15, 0.2) is 0 Å². The van der Waals surface area contributed by atoms with E-state index >= 15 is 0 Å². The fraction of sp³-hybridized carbons (Fsp3) is 0. The van der Waals surface area contributed by atoms with Gasteiger partial charge in [0.1, 0.15) is 5.69 Å². The summed E-state index contributed by atoms with van der Waals surface area (Å²) in [6.45, 7) is 0. The van der Waals surface area contributed by atoms with Crippen LogP contribution >= 0.6 is 11.3 Å². The molecule has 21 heavy (non-hydrogen) atoms. The van der Waals surface area contributed by atoms with Crippen molar-refractivity contribution >= 4 is 29.1 Å². The molecule has 0 aliphatic heterocycles. The van der Waals surface area contributed by atoms with Gasteiger partial charge in [-0.3, -0.25) is 10.1 Å². The molecule has 0 spiro atoms. The predicted molar refractivity (Wildman–Crippen MR) is 80.2 cm³/mol. The van der Waals surface area contributed by atoms with Crippen LogP contribution in [-0.2, 0) is 0 Å². The molecule has 2 aromatic heterocycles. The number of aromatic nitrogens is 1. The molecule has 6 nitrogen and oxygen atoms in total. The number of rotatable bonds is 4. The zero-order chi connectivity index (χ0) is 14.7. The number of aliphatic imine (C=N–C) groups is 1. The Balaban J connectivity index is 1.75. The van der Waals surface area contributed by atoms with E-state index in [0.29, 0.717) is 5.88 Å². The van der Waals surface area contributed by atoms with Crippen molar-refractivity contribution in [1.29, 1.82) is 0 Å². The average molecular weight is 299 g/mol. The van der Waals surface area contributed by atoms with Gasteiger partial charge in [0, 0.05) is 24.4 Å². The number of benzene rings is 1. The van der Waals surface area contributed by atoms with Crippen LogP contribution in [0, 0.1) is 10.1 Å². The van der Waals surface area contributed by atoms with Gasteiger partial charge in [0.25, 0.3) is 11.6 Å². The summed E-state index contributed by atoms with van der Waals surface area (Å²) in [6.07, 6.45) is 1.57. The summed E-state index contributed by atoms with van der Waals surface area (Å²) in [7, 11) is 0. The summed E-state index contributed by atoms with van der Waals surface area (Å²) in [5.41, 5.74) is 1.53. The van der Waals surface area contributed by atoms with Crippen LogP contribution in [0.15, 0.2) is 57.4 Å². The van der Waals surface area contributed by atoms with Gasteiger partial charge in [-0.15, -0.1) is 11.3 Å². The summed E-state index contributed by atoms with van der Waals surface area (Å²) in [5, 5.41) is 16.5. The second-order valence-electron chi connectivity index (χ2n) is 4.13. The maximum atomic E-state index is 10.6. The summed E-state index contributed by atoms with van der Waals surface area (Å²) >= 11 is 1.57. The van der Waals surface area contributed by atoms with Gasteiger partial charge in [0.05, 0.1) is 9.80 Å². The summed E-state index contributed by atoms with van der Waals surface area (Å²) < 4.78 is 5.12. The molecule has 3 aromatic rings. The van der Waals surface area contributed by atoms with Gasteiger partial charge in [-0.2, -0.15) is 0 Å². The van der Waals surface area contributed by atoms with Gasteiger partial charge in [0.2, 0.25) is 0 Å². The Morgan fingerprint density at radius 2 is 2.10 bits per heavy atom. The van der Waals surface area contributed by atoms with Crippen LogP contribution in [0.1, 0.15) is 5.56 Å². The maximum absolute atomic E-state index is 10.6. The van der Waals surface area contributed by atoms with Crippen LogP contribution in [0.5, 0.6) is 0 Å². The van der Waals surface area contributed by atoms with Crippen LogP contribution in [0.4, 0.5) is 11.6 Å². The van der Waals surface area contributed by atoms with E-state index in [4.69, 9.17) is 4.52 Å². The summed E-state index contributed by atoms with van der Waals surface area (Å²) in [5.74, 6) is 0.386. The highest BCUT2D eigenvalue weighted by atomic mass is 32.1. The van der Waals surface area contributed by atoms with Crippen molar-refractivity contribution in [2.45, 2.75) is 0 Å². The second-order valence-corrected chi connectivity index (χ2v) is 5.08. The van der Waals surface area contributed by atoms with Gasteiger partial charge >= 0.3 is 0 Å². The number of nitrogens with zero attached hydrogens (tertiary/aromatic N) is 3. The normalized spacial score (nSPS) is 11.0. The molecule has 7 heteroatoms. The standard InChI is InChI=1S/C14H9N3O3S/c18-17(19)11-5-3-10(4-6-11)9-15-14-8-12(16-20-14)13-2-1-7-21-13/h1-9H. The molecule has 2 heterocycles. The molecule has 0 aliphatic rings. The lowest BCUT2D eigenvalue weighted by molar-refractivity contribution is -0.384. The van der Waals surface area contributed by atoms with Crippen LogP contribution in [0.2, 0.25) is 0 Å². The zero-order valence-corrected chi connectivity index (χ0v) is 11.5. The first-order valence-corrected chi connectivity index (χ1v) is 6.89. The molecular weight excluding hydrogens is 290 g/mol. The zero-order valence-electron chi connectivity index (χ0n) is 10.7. The third-order valence-electron chi connectivity index (χ3n) is 2.72. The number of nitro groups is 1. The Labute approximate surface area is 123 Å². The third kappa shape index (κ3) is 3.03. The Morgan fingerprint density at radius 1 is 1.29 bits per heavy atom. The van der Waals surface area contributed by atoms with E-state index in [-0.39, 0.29) is 5.69 Å². The van der Waals surface area contributed by atoms with Crippen LogP contribution in [-0.4, -0.2) is 16.3 Å². The van der Waals surface area contributed by atoms with E-state index in [0.717, 1.165) is 16.1 Å². The minimum atomic E-state index is -0.440. The highest BCUT2D eigenvalue weighted by molar-refractivity contribution is 7.13. The first kappa shape index (κ1) is 13.2. The van der Waals surface area contributed by atoms with Gasteiger partial charge in [-0.1, -0.05) is 11.2 Å². The summed E-state index contributed by atoms with van der Waals surface area (Å²) in [4.78, 5) is 15.3. The monoisotopic (exact) mass is 299 g/mol. The van der Waals surface area contributed by atoms with E-state index in [1.165, 1.54) is 12.1 Å². The van der Waals surface area contributed by atoms with Crippen LogP contribution in [0.3, 0.4) is 0 Å². The minimum Gasteiger partial charge on any atom is -0.336 e. The van der Waals surface area contributed by atoms with Crippen molar-refractivity contribution in [3.8, 4) is 10.6 Å². The lowest BCUT2D eigenvalue weighted by Crippen LogP contribution is -1.88. The molecular formula is C14H9N3O3S. The number of thiophene rings is 1. The molecule has 0 unspecified atom stereocenters. The SMILES string of the molecule is O=[N+]([O-])c1ccc(C=Nc2cc(-c3cccs3)no2)cc1. The van der Waals surface area contributed by atoms with Crippen molar-refractivity contribution < 1.29 is 9.45 Å². The number of non-ortho nitro benzene ring substituents is 1. The third-order valence-corrected chi connectivity index (χ3v) is 3.61. The molecule has 104 valence electrons. The molecule has 0 N–H and O–H groups in total. The van der Waals surface area contributed by atoms with E-state index in [1.54, 1.807) is 35.8 Å². The predicted octanol–water partition coefficient (Wildman–Crippen LogP) is 4.06. The topological polar surface area (TPSA) is 81.5 Å². The number of hydrogen-bond donors (Lipinski definition) is 0. The van der Waals surface area contributed by atoms with E-state index in [2.05, 4.69) is 10.1 Å². The van der Waals surface area contributed by atoms with E-state index < -0.39 is 4.92 Å². The fourth-order valence-corrected chi connectivity index (χ4v) is 2.36. The highest BCUT2D eigenvalue weighted by Crippen LogP contribution is 2.26. The summed E-state index contributed by atoms with van der Waals surface area (Å²) in [6, 6.07) is 11.7. The molecule has 3 rings (SSSR count). The molecule has 0 saturated heterocycles. The smallest absolute Gasteiger partial charge is 0.269 e. The lowest BCUT2D eigenvalue weighted by atomic mass is 10.2. The van der Waals surface area contributed by atoms with Crippen molar-refractivity contribution in [2.75, 3.05) is 0 Å². The Kier molecular flexibility index (Phi) is 3.57. The minimum absolute atomic E-state index is 0.0480. The Bertz CT molecular complexity index is 776. The lowest BCUT2D eigenvalue weighted by Gasteiger charge is -1.92.